The number of pyridine rings is 1. The molecule has 0 unspecified atom stereocenters. The number of nitrogens with zero attached hydrogens (tertiary/aromatic N) is 3. The van der Waals surface area contributed by atoms with Crippen molar-refractivity contribution in [3.05, 3.63) is 66.0 Å². The van der Waals surface area contributed by atoms with Gasteiger partial charge in [-0.3, -0.25) is 14.6 Å². The summed E-state index contributed by atoms with van der Waals surface area (Å²) in [6.45, 7) is 5.92. The van der Waals surface area contributed by atoms with Crippen molar-refractivity contribution in [2.24, 2.45) is 0 Å². The number of rotatable bonds is 4. The summed E-state index contributed by atoms with van der Waals surface area (Å²) < 4.78 is 0. The highest BCUT2D eigenvalue weighted by atomic mass is 16.2. The summed E-state index contributed by atoms with van der Waals surface area (Å²) in [5.41, 5.74) is 2.70. The van der Waals surface area contributed by atoms with Crippen molar-refractivity contribution in [3.63, 3.8) is 0 Å². The maximum absolute atomic E-state index is 13.1. The van der Waals surface area contributed by atoms with Gasteiger partial charge in [-0.05, 0) is 44.2 Å². The van der Waals surface area contributed by atoms with Gasteiger partial charge in [-0.1, -0.05) is 12.1 Å². The van der Waals surface area contributed by atoms with Crippen LogP contribution in [0.3, 0.4) is 0 Å². The molecule has 0 N–H and O–H groups in total. The van der Waals surface area contributed by atoms with Crippen LogP contribution in [0.2, 0.25) is 0 Å². The van der Waals surface area contributed by atoms with Gasteiger partial charge in [-0.15, -0.1) is 0 Å². The minimum atomic E-state index is -0.295. The number of benzene rings is 2. The Labute approximate surface area is 151 Å². The lowest BCUT2D eigenvalue weighted by atomic mass is 9.92. The molecular weight excluding hydrogens is 326 g/mol. The van der Waals surface area contributed by atoms with E-state index in [2.05, 4.69) is 23.7 Å². The van der Waals surface area contributed by atoms with Crippen LogP contribution in [0.5, 0.6) is 0 Å². The summed E-state index contributed by atoms with van der Waals surface area (Å²) in [6.07, 6.45) is 3.16. The first-order chi connectivity index (χ1) is 12.7. The summed E-state index contributed by atoms with van der Waals surface area (Å²) in [4.78, 5) is 33.6. The van der Waals surface area contributed by atoms with Crippen LogP contribution >= 0.6 is 0 Å². The highest BCUT2D eigenvalue weighted by Crippen LogP contribution is 2.37. The zero-order chi connectivity index (χ0) is 18.3. The summed E-state index contributed by atoms with van der Waals surface area (Å²) >= 11 is 0. The molecule has 1 aromatic heterocycles. The molecule has 0 aliphatic carbocycles. The molecule has 2 heterocycles. The molecule has 2 amide bonds. The Morgan fingerprint density at radius 3 is 2.19 bits per heavy atom. The van der Waals surface area contributed by atoms with Gasteiger partial charge in [0.15, 0.2) is 0 Å². The van der Waals surface area contributed by atoms with Crippen LogP contribution in [-0.2, 0) is 0 Å². The Balaban J connectivity index is 1.96. The van der Waals surface area contributed by atoms with E-state index in [4.69, 9.17) is 0 Å². The van der Waals surface area contributed by atoms with E-state index in [0.717, 1.165) is 29.5 Å². The summed E-state index contributed by atoms with van der Waals surface area (Å²) in [7, 11) is 0. The fourth-order valence-electron chi connectivity index (χ4n) is 3.65. The highest BCUT2D eigenvalue weighted by molar-refractivity contribution is 6.36. The molecule has 5 heteroatoms. The van der Waals surface area contributed by atoms with Crippen LogP contribution in [0, 0.1) is 0 Å². The van der Waals surface area contributed by atoms with Crippen molar-refractivity contribution in [2.45, 2.75) is 13.8 Å². The van der Waals surface area contributed by atoms with Gasteiger partial charge in [0.05, 0.1) is 5.69 Å². The van der Waals surface area contributed by atoms with Crippen LogP contribution in [0.4, 0.5) is 11.4 Å². The third-order valence-corrected chi connectivity index (χ3v) is 4.91. The second-order valence-corrected chi connectivity index (χ2v) is 6.18. The Morgan fingerprint density at radius 1 is 0.885 bits per heavy atom. The van der Waals surface area contributed by atoms with Gasteiger partial charge in [0.25, 0.3) is 11.8 Å². The Bertz CT molecular complexity index is 988. The van der Waals surface area contributed by atoms with E-state index in [1.807, 2.05) is 24.3 Å². The number of carbonyl (C=O) groups excluding carboxylic acids is 2. The zero-order valence-electron chi connectivity index (χ0n) is 14.8. The summed E-state index contributed by atoms with van der Waals surface area (Å²) in [6, 6.07) is 12.8. The van der Waals surface area contributed by atoms with Gasteiger partial charge in [0, 0.05) is 53.1 Å². The summed E-state index contributed by atoms with van der Waals surface area (Å²) in [5, 5.41) is 1.69. The number of hydrogen-bond acceptors (Lipinski definition) is 4. The fourth-order valence-corrected chi connectivity index (χ4v) is 3.65. The SMILES string of the molecule is CCN(CC)c1ccc2c3c(cccc13)C(=O)N(c1ccncc1)C2=O. The first-order valence-corrected chi connectivity index (χ1v) is 8.76. The lowest BCUT2D eigenvalue weighted by Gasteiger charge is -2.29. The lowest BCUT2D eigenvalue weighted by Crippen LogP contribution is -2.40. The molecule has 4 rings (SSSR count). The topological polar surface area (TPSA) is 53.5 Å². The van der Waals surface area contributed by atoms with Gasteiger partial charge in [0.2, 0.25) is 0 Å². The minimum Gasteiger partial charge on any atom is -0.372 e. The molecule has 5 nitrogen and oxygen atoms in total. The number of imide groups is 1. The van der Waals surface area contributed by atoms with Crippen LogP contribution in [0.1, 0.15) is 34.6 Å². The molecule has 0 spiro atoms. The van der Waals surface area contributed by atoms with Gasteiger partial charge in [0.1, 0.15) is 0 Å². The van der Waals surface area contributed by atoms with Crippen molar-refractivity contribution in [3.8, 4) is 0 Å². The fraction of sp³-hybridized carbons (Fsp3) is 0.190. The predicted molar refractivity (Wildman–Crippen MR) is 103 cm³/mol. The third-order valence-electron chi connectivity index (χ3n) is 4.91. The minimum absolute atomic E-state index is 0.295. The van der Waals surface area contributed by atoms with Crippen molar-refractivity contribution >= 4 is 34.0 Å². The van der Waals surface area contributed by atoms with Crippen molar-refractivity contribution in [1.82, 2.24) is 4.98 Å². The largest absolute Gasteiger partial charge is 0.372 e. The van der Waals surface area contributed by atoms with E-state index in [-0.39, 0.29) is 11.8 Å². The van der Waals surface area contributed by atoms with Crippen molar-refractivity contribution < 1.29 is 9.59 Å². The maximum atomic E-state index is 13.1. The van der Waals surface area contributed by atoms with E-state index in [1.165, 1.54) is 4.90 Å². The average Bonchev–Trinajstić information content (AvgIpc) is 2.68. The monoisotopic (exact) mass is 345 g/mol. The molecular formula is C21H19N3O2. The average molecular weight is 345 g/mol. The van der Waals surface area contributed by atoms with Crippen LogP contribution in [0.25, 0.3) is 10.8 Å². The molecule has 0 fully saturated rings. The zero-order valence-corrected chi connectivity index (χ0v) is 14.8. The van der Waals surface area contributed by atoms with E-state index < -0.39 is 0 Å². The molecule has 1 aliphatic rings. The van der Waals surface area contributed by atoms with Crippen LogP contribution in [-0.4, -0.2) is 29.9 Å². The molecule has 130 valence electrons. The Hall–Kier alpha value is -3.21. The van der Waals surface area contributed by atoms with Gasteiger partial charge >= 0.3 is 0 Å². The van der Waals surface area contributed by atoms with Crippen molar-refractivity contribution in [1.29, 1.82) is 0 Å². The first kappa shape index (κ1) is 16.3. The normalized spacial score (nSPS) is 13.4. The maximum Gasteiger partial charge on any atom is 0.265 e. The Kier molecular flexibility index (Phi) is 3.92. The van der Waals surface area contributed by atoms with Crippen LogP contribution < -0.4 is 9.80 Å². The van der Waals surface area contributed by atoms with E-state index in [0.29, 0.717) is 16.8 Å². The Morgan fingerprint density at radius 2 is 1.54 bits per heavy atom. The second-order valence-electron chi connectivity index (χ2n) is 6.18. The van der Waals surface area contributed by atoms with E-state index in [9.17, 15) is 9.59 Å². The molecule has 0 atom stereocenters. The van der Waals surface area contributed by atoms with Gasteiger partial charge in [-0.25, -0.2) is 4.90 Å². The third kappa shape index (κ3) is 2.28. The molecule has 2 aromatic carbocycles. The number of carbonyl (C=O) groups is 2. The van der Waals surface area contributed by atoms with Gasteiger partial charge in [-0.2, -0.15) is 0 Å². The van der Waals surface area contributed by atoms with Gasteiger partial charge < -0.3 is 4.90 Å². The lowest BCUT2D eigenvalue weighted by molar-refractivity contribution is 0.0893. The molecule has 0 saturated carbocycles. The van der Waals surface area contributed by atoms with Crippen molar-refractivity contribution in [2.75, 3.05) is 22.9 Å². The number of aromatic nitrogens is 1. The molecule has 3 aromatic rings. The van der Waals surface area contributed by atoms with Crippen LogP contribution in [0.15, 0.2) is 54.9 Å². The number of amides is 2. The molecule has 0 radical (unpaired) electrons. The van der Waals surface area contributed by atoms with E-state index in [1.54, 1.807) is 30.6 Å². The predicted octanol–water partition coefficient (Wildman–Crippen LogP) is 3.88. The number of hydrogen-bond donors (Lipinski definition) is 0. The molecule has 0 bridgehead atoms. The first-order valence-electron chi connectivity index (χ1n) is 8.76. The summed E-state index contributed by atoms with van der Waals surface area (Å²) in [5.74, 6) is -0.591. The van der Waals surface area contributed by atoms with E-state index >= 15 is 0 Å². The smallest absolute Gasteiger partial charge is 0.265 e. The molecule has 26 heavy (non-hydrogen) atoms. The number of anilines is 2. The highest BCUT2D eigenvalue weighted by Gasteiger charge is 2.34. The standard InChI is InChI=1S/C21H19N3O2/c1-3-23(4-2)18-9-8-17-19-15(18)6-5-7-16(19)20(25)24(21(17)26)14-10-12-22-13-11-14/h5-13H,3-4H2,1-2H3. The molecule has 1 aliphatic heterocycles. The molecule has 0 saturated heterocycles. The quantitative estimate of drug-likeness (QED) is 0.673. The second kappa shape index (κ2) is 6.26.